The molecule has 0 atom stereocenters. The third-order valence-corrected chi connectivity index (χ3v) is 13.3. The normalized spacial score (nSPS) is 12.6. The Morgan fingerprint density at radius 3 is 2.13 bits per heavy atom. The summed E-state index contributed by atoms with van der Waals surface area (Å²) in [5, 5.41) is 14.7. The van der Waals surface area contributed by atoms with Crippen molar-refractivity contribution < 1.29 is 30.0 Å². The zero-order chi connectivity index (χ0) is 37.9. The maximum absolute atomic E-state index is 12.2. The van der Waals surface area contributed by atoms with Gasteiger partial charge in [0.1, 0.15) is 12.1 Å². The van der Waals surface area contributed by atoms with Crippen LogP contribution in [-0.2, 0) is 36.7 Å². The number of rotatable bonds is 11. The predicted molar refractivity (Wildman–Crippen MR) is 225 cm³/mol. The summed E-state index contributed by atoms with van der Waals surface area (Å²) in [5.41, 5.74) is 5.93. The summed E-state index contributed by atoms with van der Waals surface area (Å²) in [6.07, 6.45) is 7.50. The Kier molecular flexibility index (Phi) is 15.1. The molecule has 3 heterocycles. The molecule has 4 nitrogen and oxygen atoms in total. The Morgan fingerprint density at radius 1 is 0.942 bits per heavy atom. The van der Waals surface area contributed by atoms with Gasteiger partial charge in [-0.3, -0.25) is 9.78 Å². The van der Waals surface area contributed by atoms with Crippen LogP contribution in [0.25, 0.3) is 42.7 Å². The van der Waals surface area contributed by atoms with Crippen molar-refractivity contribution in [2.24, 2.45) is 16.7 Å². The summed E-state index contributed by atoms with van der Waals surface area (Å²) in [5.74, 6) is 0.902. The number of aliphatic hydroxyl groups excluding tert-OH is 1. The van der Waals surface area contributed by atoms with Gasteiger partial charge in [-0.15, -0.1) is 47.6 Å². The number of hydrogen-bond donors (Lipinski definition) is 2. The van der Waals surface area contributed by atoms with Crippen LogP contribution < -0.4 is 0 Å². The fraction of sp³-hybridized carbons (Fsp3) is 0.477. The maximum atomic E-state index is 12.2. The van der Waals surface area contributed by atoms with Crippen molar-refractivity contribution in [1.29, 1.82) is 0 Å². The number of thiophene rings is 2. The van der Waals surface area contributed by atoms with E-state index < -0.39 is 0 Å². The monoisotopic (exact) mass is 934 g/mol. The van der Waals surface area contributed by atoms with E-state index in [4.69, 9.17) is 12.6 Å². The molecule has 0 fully saturated rings. The number of ketones is 1. The van der Waals surface area contributed by atoms with Gasteiger partial charge < -0.3 is 5.11 Å². The number of fused-ring (bicyclic) bond motifs is 2. The quantitative estimate of drug-likeness (QED) is 0.0599. The van der Waals surface area contributed by atoms with Gasteiger partial charge in [-0.25, -0.2) is 4.98 Å². The molecule has 5 rings (SSSR count). The van der Waals surface area contributed by atoms with Crippen LogP contribution >= 0.6 is 35.3 Å². The second-order valence-electron chi connectivity index (χ2n) is 15.8. The molecule has 52 heavy (non-hydrogen) atoms. The molecule has 5 aromatic rings. The topological polar surface area (TPSA) is 63.1 Å². The van der Waals surface area contributed by atoms with Crippen LogP contribution in [0.2, 0.25) is 0 Å². The van der Waals surface area contributed by atoms with E-state index in [1.807, 2.05) is 52.9 Å². The van der Waals surface area contributed by atoms with Gasteiger partial charge in [-0.2, -0.15) is 11.3 Å². The van der Waals surface area contributed by atoms with E-state index in [9.17, 15) is 9.90 Å². The Hall–Kier alpha value is -2.35. The second kappa shape index (κ2) is 17.9. The molecule has 0 saturated heterocycles. The molecule has 0 bridgehead atoms. The van der Waals surface area contributed by atoms with Crippen LogP contribution in [0, 0.1) is 29.7 Å². The largest absolute Gasteiger partial charge is 0.512 e. The van der Waals surface area contributed by atoms with Gasteiger partial charge in [0.05, 0.1) is 5.69 Å². The number of nitrogens with zero attached hydrogens (tertiary/aromatic N) is 2. The molecule has 0 amide bonds. The summed E-state index contributed by atoms with van der Waals surface area (Å²) in [4.78, 5) is 23.7. The minimum Gasteiger partial charge on any atom is -0.512 e. The number of hydrogen-bond acceptors (Lipinski definition) is 7. The van der Waals surface area contributed by atoms with Crippen molar-refractivity contribution in [2.45, 2.75) is 125 Å². The minimum absolute atomic E-state index is 0. The molecular weight excluding hydrogens is 877 g/mol. The molecule has 0 unspecified atom stereocenters. The van der Waals surface area contributed by atoms with Gasteiger partial charge in [0.2, 0.25) is 0 Å². The van der Waals surface area contributed by atoms with Crippen LogP contribution in [-0.4, -0.2) is 20.9 Å². The van der Waals surface area contributed by atoms with Gasteiger partial charge in [-0.05, 0) is 83.5 Å². The summed E-state index contributed by atoms with van der Waals surface area (Å²) in [6, 6.07) is 14.6. The summed E-state index contributed by atoms with van der Waals surface area (Å²) < 4.78 is 2.63. The summed E-state index contributed by atoms with van der Waals surface area (Å²) in [7, 11) is 0. The molecule has 1 radical (unpaired) electrons. The third-order valence-electron chi connectivity index (χ3n) is 10.8. The molecule has 8 heteroatoms. The van der Waals surface area contributed by atoms with Crippen LogP contribution in [0.15, 0.2) is 58.8 Å². The fourth-order valence-corrected chi connectivity index (χ4v) is 8.76. The van der Waals surface area contributed by atoms with Crippen molar-refractivity contribution in [3.63, 3.8) is 0 Å². The zero-order valence-corrected chi connectivity index (χ0v) is 38.0. The number of allylic oxidation sites excluding steroid dienone is 2. The molecule has 2 aromatic carbocycles. The van der Waals surface area contributed by atoms with Crippen LogP contribution in [0.1, 0.15) is 118 Å². The van der Waals surface area contributed by atoms with E-state index in [1.165, 1.54) is 36.9 Å². The Morgan fingerprint density at radius 2 is 1.56 bits per heavy atom. The van der Waals surface area contributed by atoms with Crippen molar-refractivity contribution in [3.05, 3.63) is 75.9 Å². The van der Waals surface area contributed by atoms with E-state index in [0.29, 0.717) is 5.92 Å². The molecule has 1 N–H and O–H groups in total. The predicted octanol–water partition coefficient (Wildman–Crippen LogP) is 13.8. The van der Waals surface area contributed by atoms with Crippen LogP contribution in [0.4, 0.5) is 0 Å². The van der Waals surface area contributed by atoms with Crippen molar-refractivity contribution >= 4 is 61.3 Å². The van der Waals surface area contributed by atoms with Crippen molar-refractivity contribution in [1.82, 2.24) is 9.97 Å². The third kappa shape index (κ3) is 9.47. The first kappa shape index (κ1) is 44.0. The first-order chi connectivity index (χ1) is 23.9. The van der Waals surface area contributed by atoms with Gasteiger partial charge >= 0.3 is 0 Å². The van der Waals surface area contributed by atoms with Crippen molar-refractivity contribution in [2.75, 3.05) is 0 Å². The van der Waals surface area contributed by atoms with E-state index in [-0.39, 0.29) is 47.9 Å². The molecule has 0 aliphatic rings. The SMILES string of the molecule is CCC(C)(CC)C(=O)/C=C(\O)C(C)(CC)CC.Cc1sc2ccc(-c3ncnc(-c4[c-]c5ccsc5c(C(C)(C)C)c4)c3S)cc2c1CC(C)C.[Ir]. The average Bonchev–Trinajstić information content (AvgIpc) is 3.70. The summed E-state index contributed by atoms with van der Waals surface area (Å²) >= 11 is 8.62. The number of aliphatic hydroxyl groups is 1. The number of carbonyl (C=O) groups is 1. The van der Waals surface area contributed by atoms with Crippen LogP contribution in [0.5, 0.6) is 0 Å². The number of benzene rings is 2. The van der Waals surface area contributed by atoms with E-state index in [0.717, 1.165) is 64.9 Å². The summed E-state index contributed by atoms with van der Waals surface area (Å²) in [6.45, 7) is 25.6. The smallest absolute Gasteiger partial charge is 0.164 e. The van der Waals surface area contributed by atoms with Crippen molar-refractivity contribution in [3.8, 4) is 22.5 Å². The van der Waals surface area contributed by atoms with Crippen LogP contribution in [0.3, 0.4) is 0 Å². The zero-order valence-electron chi connectivity index (χ0n) is 33.1. The molecule has 0 aliphatic heterocycles. The molecule has 3 aromatic heterocycles. The Labute approximate surface area is 339 Å². The van der Waals surface area contributed by atoms with Gasteiger partial charge in [0.25, 0.3) is 0 Å². The Balaban J connectivity index is 0.000000347. The van der Waals surface area contributed by atoms with E-state index in [1.54, 1.807) is 17.7 Å². The molecule has 283 valence electrons. The van der Waals surface area contributed by atoms with E-state index in [2.05, 4.69) is 93.3 Å². The number of carbonyl (C=O) groups excluding carboxylic acids is 1. The number of thiol groups is 1. The van der Waals surface area contributed by atoms with Gasteiger partial charge in [-0.1, -0.05) is 93.4 Å². The molecule has 0 spiro atoms. The first-order valence-corrected chi connectivity index (χ1v) is 20.5. The molecule has 0 aliphatic carbocycles. The maximum Gasteiger partial charge on any atom is 0.164 e. The van der Waals surface area contributed by atoms with Gasteiger partial charge in [0, 0.05) is 62.7 Å². The fourth-order valence-electron chi connectivity index (χ4n) is 6.24. The van der Waals surface area contributed by atoms with E-state index >= 15 is 0 Å². The first-order valence-electron chi connectivity index (χ1n) is 18.4. The molecular formula is C44H57IrN2O2S3-. The second-order valence-corrected chi connectivity index (χ2v) is 18.4. The number of aromatic nitrogens is 2. The van der Waals surface area contributed by atoms with Gasteiger partial charge in [0.15, 0.2) is 5.78 Å². The minimum atomic E-state index is -0.337. The number of aryl methyl sites for hydroxylation is 1. The standard InChI is InChI=1S/C29H29N2S3.C15H28O2.Ir/c1-16(2)11-21-17(3)34-24-8-7-18(13-22(21)24)25-27(32)26(31-15-30-25)20-12-19-9-10-33-28(19)23(14-20)29(4,5)6;1-7-14(5,8-2)12(16)11-13(17)15(6,9-3)10-4;/h7-10,13-16,32H,11H2,1-6H3;11,16H,7-10H2,1-6H3;/q-1;;/b;12-11-;. The average molecular weight is 934 g/mol. The molecule has 0 saturated carbocycles. The Bertz CT molecular complexity index is 2020.